The van der Waals surface area contributed by atoms with Gasteiger partial charge in [0.25, 0.3) is 0 Å². The Bertz CT molecular complexity index is 601. The molecule has 0 aliphatic rings. The third-order valence-electron chi connectivity index (χ3n) is 4.50. The van der Waals surface area contributed by atoms with E-state index in [1.807, 2.05) is 20.8 Å². The minimum atomic E-state index is -0.399. The van der Waals surface area contributed by atoms with E-state index in [2.05, 4.69) is 5.32 Å². The van der Waals surface area contributed by atoms with Gasteiger partial charge in [-0.1, -0.05) is 13.8 Å². The summed E-state index contributed by atoms with van der Waals surface area (Å²) in [7, 11) is 1.53. The summed E-state index contributed by atoms with van der Waals surface area (Å²) >= 11 is 0. The number of carbonyl (C=O) groups is 2. The SMILES string of the molecule is COc1cc(C(C)=O)ccc1OCCCC(=O)NC(C)(CN)C(C)C. The fraction of sp³-hybridized carbons (Fsp3) is 0.579. The van der Waals surface area contributed by atoms with E-state index in [0.29, 0.717) is 43.1 Å². The van der Waals surface area contributed by atoms with Gasteiger partial charge in [0, 0.05) is 18.5 Å². The van der Waals surface area contributed by atoms with Gasteiger partial charge in [-0.3, -0.25) is 9.59 Å². The monoisotopic (exact) mass is 350 g/mol. The minimum absolute atomic E-state index is 0.0328. The summed E-state index contributed by atoms with van der Waals surface area (Å²) < 4.78 is 10.9. The van der Waals surface area contributed by atoms with Gasteiger partial charge in [0.05, 0.1) is 19.3 Å². The van der Waals surface area contributed by atoms with Crippen LogP contribution in [0.1, 0.15) is 50.9 Å². The fourth-order valence-electron chi connectivity index (χ4n) is 2.23. The van der Waals surface area contributed by atoms with E-state index in [9.17, 15) is 9.59 Å². The second-order valence-corrected chi connectivity index (χ2v) is 6.70. The smallest absolute Gasteiger partial charge is 0.220 e. The zero-order valence-electron chi connectivity index (χ0n) is 15.8. The van der Waals surface area contributed by atoms with Crippen LogP contribution < -0.4 is 20.5 Å². The van der Waals surface area contributed by atoms with E-state index < -0.39 is 5.54 Å². The van der Waals surface area contributed by atoms with Crippen molar-refractivity contribution in [3.63, 3.8) is 0 Å². The zero-order chi connectivity index (χ0) is 19.0. The molecule has 0 bridgehead atoms. The van der Waals surface area contributed by atoms with Gasteiger partial charge in [0.1, 0.15) is 0 Å². The van der Waals surface area contributed by atoms with E-state index in [1.165, 1.54) is 14.0 Å². The molecule has 1 atom stereocenters. The largest absolute Gasteiger partial charge is 0.493 e. The third-order valence-corrected chi connectivity index (χ3v) is 4.50. The predicted octanol–water partition coefficient (Wildman–Crippen LogP) is 2.55. The average Bonchev–Trinajstić information content (AvgIpc) is 2.58. The molecule has 0 radical (unpaired) electrons. The van der Waals surface area contributed by atoms with Crippen LogP contribution in [0.15, 0.2) is 18.2 Å². The van der Waals surface area contributed by atoms with Crippen LogP contribution in [0.5, 0.6) is 11.5 Å². The fourth-order valence-corrected chi connectivity index (χ4v) is 2.23. The molecule has 0 aromatic heterocycles. The quantitative estimate of drug-likeness (QED) is 0.500. The lowest BCUT2D eigenvalue weighted by molar-refractivity contribution is -0.123. The molecule has 0 saturated carbocycles. The number of methoxy groups -OCH3 is 1. The van der Waals surface area contributed by atoms with Crippen molar-refractivity contribution in [3.8, 4) is 11.5 Å². The average molecular weight is 350 g/mol. The highest BCUT2D eigenvalue weighted by Crippen LogP contribution is 2.28. The van der Waals surface area contributed by atoms with Crippen LogP contribution in [-0.2, 0) is 4.79 Å². The molecule has 6 heteroatoms. The lowest BCUT2D eigenvalue weighted by Crippen LogP contribution is -2.55. The Morgan fingerprint density at radius 3 is 2.48 bits per heavy atom. The first kappa shape index (κ1) is 21.0. The molecule has 0 aliphatic heterocycles. The molecule has 1 unspecified atom stereocenters. The van der Waals surface area contributed by atoms with Gasteiger partial charge < -0.3 is 20.5 Å². The number of Topliss-reactive ketones (excluding diaryl/α,β-unsaturated/α-hetero) is 1. The van der Waals surface area contributed by atoms with E-state index >= 15 is 0 Å². The molecule has 1 aromatic rings. The van der Waals surface area contributed by atoms with Gasteiger partial charge in [-0.2, -0.15) is 0 Å². The van der Waals surface area contributed by atoms with E-state index in [4.69, 9.17) is 15.2 Å². The molecule has 0 aliphatic carbocycles. The molecule has 6 nitrogen and oxygen atoms in total. The molecule has 1 rings (SSSR count). The molecular formula is C19H30N2O4. The van der Waals surface area contributed by atoms with Crippen LogP contribution in [0.4, 0.5) is 0 Å². The van der Waals surface area contributed by atoms with Crippen molar-refractivity contribution in [2.45, 2.75) is 46.1 Å². The lowest BCUT2D eigenvalue weighted by Gasteiger charge is -2.33. The number of rotatable bonds is 10. The second-order valence-electron chi connectivity index (χ2n) is 6.70. The summed E-state index contributed by atoms with van der Waals surface area (Å²) in [5, 5.41) is 3.00. The molecule has 0 spiro atoms. The Morgan fingerprint density at radius 2 is 1.96 bits per heavy atom. The highest BCUT2D eigenvalue weighted by Gasteiger charge is 2.28. The molecule has 0 fully saturated rings. The van der Waals surface area contributed by atoms with Gasteiger partial charge >= 0.3 is 0 Å². The van der Waals surface area contributed by atoms with Crippen LogP contribution in [0.2, 0.25) is 0 Å². The lowest BCUT2D eigenvalue weighted by atomic mass is 9.88. The van der Waals surface area contributed by atoms with Gasteiger partial charge in [0.15, 0.2) is 17.3 Å². The summed E-state index contributed by atoms with van der Waals surface area (Å²) in [4.78, 5) is 23.5. The van der Waals surface area contributed by atoms with E-state index in [0.717, 1.165) is 0 Å². The van der Waals surface area contributed by atoms with Crippen LogP contribution >= 0.6 is 0 Å². The van der Waals surface area contributed by atoms with E-state index in [1.54, 1.807) is 18.2 Å². The topological polar surface area (TPSA) is 90.6 Å². The van der Waals surface area contributed by atoms with Crippen molar-refractivity contribution in [3.05, 3.63) is 23.8 Å². The summed E-state index contributed by atoms with van der Waals surface area (Å²) in [6, 6.07) is 5.06. The number of hydrogen-bond donors (Lipinski definition) is 2. The molecule has 3 N–H and O–H groups in total. The summed E-state index contributed by atoms with van der Waals surface area (Å²) in [6.07, 6.45) is 0.929. The second kappa shape index (κ2) is 9.42. The first-order valence-electron chi connectivity index (χ1n) is 8.56. The van der Waals surface area contributed by atoms with Gasteiger partial charge in [0.2, 0.25) is 5.91 Å². The highest BCUT2D eigenvalue weighted by atomic mass is 16.5. The Hall–Kier alpha value is -2.08. The minimum Gasteiger partial charge on any atom is -0.493 e. The Labute approximate surface area is 150 Å². The van der Waals surface area contributed by atoms with Crippen molar-refractivity contribution in [2.75, 3.05) is 20.3 Å². The van der Waals surface area contributed by atoms with Crippen LogP contribution in [-0.4, -0.2) is 37.5 Å². The summed E-state index contributed by atoms with van der Waals surface area (Å²) in [5.74, 6) is 1.25. The molecule has 140 valence electrons. The maximum atomic E-state index is 12.1. The number of hydrogen-bond acceptors (Lipinski definition) is 5. The van der Waals surface area contributed by atoms with Crippen molar-refractivity contribution in [1.29, 1.82) is 0 Å². The van der Waals surface area contributed by atoms with E-state index in [-0.39, 0.29) is 17.6 Å². The van der Waals surface area contributed by atoms with Crippen molar-refractivity contribution in [1.82, 2.24) is 5.32 Å². The zero-order valence-corrected chi connectivity index (χ0v) is 15.8. The number of ether oxygens (including phenoxy) is 2. The predicted molar refractivity (Wildman–Crippen MR) is 98.2 cm³/mol. The van der Waals surface area contributed by atoms with Crippen LogP contribution in [0, 0.1) is 5.92 Å². The maximum absolute atomic E-state index is 12.1. The molecule has 1 amide bonds. The first-order chi connectivity index (χ1) is 11.7. The summed E-state index contributed by atoms with van der Waals surface area (Å²) in [5.41, 5.74) is 5.94. The number of nitrogens with one attached hydrogen (secondary N) is 1. The molecule has 1 aromatic carbocycles. The first-order valence-corrected chi connectivity index (χ1v) is 8.56. The molecule has 0 saturated heterocycles. The highest BCUT2D eigenvalue weighted by molar-refractivity contribution is 5.94. The normalized spacial score (nSPS) is 13.2. The standard InChI is InChI=1S/C19H30N2O4/c1-13(2)19(4,12-20)21-18(23)7-6-10-25-16-9-8-15(14(3)22)11-17(16)24-5/h8-9,11,13H,6-7,10,12,20H2,1-5H3,(H,21,23). The third kappa shape index (κ3) is 6.05. The number of ketones is 1. The Morgan fingerprint density at radius 1 is 1.28 bits per heavy atom. The Balaban J connectivity index is 2.50. The van der Waals surface area contributed by atoms with Gasteiger partial charge in [-0.05, 0) is 44.4 Å². The number of benzene rings is 1. The Kier molecular flexibility index (Phi) is 7.90. The van der Waals surface area contributed by atoms with Gasteiger partial charge in [-0.15, -0.1) is 0 Å². The number of amides is 1. The van der Waals surface area contributed by atoms with Crippen molar-refractivity contribution >= 4 is 11.7 Å². The van der Waals surface area contributed by atoms with Crippen LogP contribution in [0.25, 0.3) is 0 Å². The molecule has 25 heavy (non-hydrogen) atoms. The van der Waals surface area contributed by atoms with Crippen LogP contribution in [0.3, 0.4) is 0 Å². The summed E-state index contributed by atoms with van der Waals surface area (Å²) in [6.45, 7) is 8.30. The maximum Gasteiger partial charge on any atom is 0.220 e. The molecular weight excluding hydrogens is 320 g/mol. The van der Waals surface area contributed by atoms with Crippen molar-refractivity contribution in [2.24, 2.45) is 11.7 Å². The number of nitrogens with two attached hydrogens (primary N) is 1. The van der Waals surface area contributed by atoms with Gasteiger partial charge in [-0.25, -0.2) is 0 Å². The van der Waals surface area contributed by atoms with Crippen molar-refractivity contribution < 1.29 is 19.1 Å². The number of carbonyl (C=O) groups excluding carboxylic acids is 2. The molecule has 0 heterocycles.